The van der Waals surface area contributed by atoms with Gasteiger partial charge in [0.25, 0.3) is 0 Å². The van der Waals surface area contributed by atoms with Gasteiger partial charge >= 0.3 is 0 Å². The van der Waals surface area contributed by atoms with Gasteiger partial charge < -0.3 is 19.6 Å². The number of carbonyl (C=O) groups is 1. The molecule has 1 amide bonds. The van der Waals surface area contributed by atoms with E-state index in [1.54, 1.807) is 23.0 Å². The third-order valence-electron chi connectivity index (χ3n) is 4.14. The van der Waals surface area contributed by atoms with Crippen LogP contribution in [0, 0.1) is 12.8 Å². The van der Waals surface area contributed by atoms with Gasteiger partial charge in [0.2, 0.25) is 5.91 Å². The molecule has 1 fully saturated rings. The van der Waals surface area contributed by atoms with Crippen LogP contribution in [0.4, 0.5) is 0 Å². The third kappa shape index (κ3) is 3.30. The summed E-state index contributed by atoms with van der Waals surface area (Å²) in [5.74, 6) is 0.770. The summed E-state index contributed by atoms with van der Waals surface area (Å²) in [6.45, 7) is 2.46. The Balaban J connectivity index is 1.60. The number of rotatable bonds is 5. The van der Waals surface area contributed by atoms with Crippen LogP contribution in [0.5, 0.6) is 0 Å². The zero-order valence-electron chi connectivity index (χ0n) is 13.2. The monoisotopic (exact) mass is 319 g/mol. The van der Waals surface area contributed by atoms with Crippen molar-refractivity contribution >= 4 is 5.91 Å². The molecule has 0 saturated carbocycles. The first-order valence-corrected chi connectivity index (χ1v) is 7.68. The van der Waals surface area contributed by atoms with E-state index in [0.29, 0.717) is 18.8 Å². The number of nitrogens with zero attached hydrogens (tertiary/aromatic N) is 2. The molecule has 1 aliphatic rings. The fraction of sp³-hybridized carbons (Fsp3) is 0.500. The Labute approximate surface area is 134 Å². The lowest BCUT2D eigenvalue weighted by molar-refractivity contribution is -0.127. The number of aromatic nitrogens is 2. The van der Waals surface area contributed by atoms with E-state index in [1.807, 2.05) is 20.0 Å². The second-order valence-corrected chi connectivity index (χ2v) is 5.78. The van der Waals surface area contributed by atoms with Crippen molar-refractivity contribution in [3.63, 3.8) is 0 Å². The zero-order chi connectivity index (χ0) is 16.4. The van der Waals surface area contributed by atoms with E-state index in [2.05, 4.69) is 10.4 Å². The first-order valence-electron chi connectivity index (χ1n) is 7.68. The van der Waals surface area contributed by atoms with Crippen LogP contribution in [-0.2, 0) is 16.6 Å². The molecule has 23 heavy (non-hydrogen) atoms. The van der Waals surface area contributed by atoms with Gasteiger partial charge in [0.1, 0.15) is 23.7 Å². The van der Waals surface area contributed by atoms with Crippen LogP contribution in [0.2, 0.25) is 0 Å². The molecule has 3 atom stereocenters. The zero-order valence-corrected chi connectivity index (χ0v) is 13.2. The van der Waals surface area contributed by atoms with Crippen molar-refractivity contribution in [2.24, 2.45) is 13.0 Å². The van der Waals surface area contributed by atoms with Crippen molar-refractivity contribution in [1.82, 2.24) is 15.1 Å². The maximum absolute atomic E-state index is 12.4. The summed E-state index contributed by atoms with van der Waals surface area (Å²) in [5, 5.41) is 17.0. The highest BCUT2D eigenvalue weighted by atomic mass is 16.5. The lowest BCUT2D eigenvalue weighted by atomic mass is 9.98. The first-order chi connectivity index (χ1) is 11.1. The van der Waals surface area contributed by atoms with Gasteiger partial charge in [-0.25, -0.2) is 0 Å². The van der Waals surface area contributed by atoms with Crippen LogP contribution in [-0.4, -0.2) is 33.9 Å². The molecule has 3 rings (SSSR count). The minimum atomic E-state index is -0.856. The normalized spacial score (nSPS) is 22.2. The highest BCUT2D eigenvalue weighted by Gasteiger charge is 2.36. The molecule has 2 aromatic rings. The van der Waals surface area contributed by atoms with Crippen LogP contribution in [0.3, 0.4) is 0 Å². The van der Waals surface area contributed by atoms with Gasteiger partial charge in [0.05, 0.1) is 18.2 Å². The van der Waals surface area contributed by atoms with E-state index in [-0.39, 0.29) is 24.5 Å². The van der Waals surface area contributed by atoms with Crippen molar-refractivity contribution in [2.75, 3.05) is 13.2 Å². The molecular weight excluding hydrogens is 298 g/mol. The summed E-state index contributed by atoms with van der Waals surface area (Å²) in [5.41, 5.74) is 0.879. The molecule has 0 radical (unpaired) electrons. The Kier molecular flexibility index (Phi) is 4.49. The van der Waals surface area contributed by atoms with E-state index < -0.39 is 6.10 Å². The van der Waals surface area contributed by atoms with Crippen LogP contribution in [0.25, 0.3) is 0 Å². The maximum atomic E-state index is 12.4. The summed E-state index contributed by atoms with van der Waals surface area (Å²) in [6, 6.07) is 5.35. The van der Waals surface area contributed by atoms with E-state index >= 15 is 0 Å². The van der Waals surface area contributed by atoms with Gasteiger partial charge in [-0.15, -0.1) is 0 Å². The second kappa shape index (κ2) is 6.55. The quantitative estimate of drug-likeness (QED) is 0.866. The van der Waals surface area contributed by atoms with Crippen LogP contribution < -0.4 is 5.32 Å². The highest BCUT2D eigenvalue weighted by Crippen LogP contribution is 2.34. The predicted octanol–water partition coefficient (Wildman–Crippen LogP) is 1.25. The molecular formula is C16H21N3O4. The lowest BCUT2D eigenvalue weighted by Crippen LogP contribution is -2.35. The first kappa shape index (κ1) is 15.8. The molecule has 0 spiro atoms. The molecule has 1 saturated heterocycles. The number of ether oxygens (including phenoxy) is 1. The van der Waals surface area contributed by atoms with E-state index in [1.165, 1.54) is 0 Å². The summed E-state index contributed by atoms with van der Waals surface area (Å²) in [6.07, 6.45) is 1.18. The molecule has 3 heterocycles. The van der Waals surface area contributed by atoms with Crippen molar-refractivity contribution in [3.8, 4) is 0 Å². The number of hydrogen-bond donors (Lipinski definition) is 2. The molecule has 2 N–H and O–H groups in total. The highest BCUT2D eigenvalue weighted by molar-refractivity contribution is 5.79. The average Bonchev–Trinajstić information content (AvgIpc) is 3.24. The largest absolute Gasteiger partial charge is 0.464 e. The standard InChI is InChI=1S/C16H21N3O4/c1-10-3-4-14(23-10)13(20)9-17-16(21)11-6-8-22-15(11)12-5-7-18-19(12)2/h3-5,7,11,13,15,20H,6,8-9H2,1-2H3,(H,17,21)/t11-,13+,15-/m1/s1. The third-order valence-corrected chi connectivity index (χ3v) is 4.14. The second-order valence-electron chi connectivity index (χ2n) is 5.78. The van der Waals surface area contributed by atoms with E-state index in [4.69, 9.17) is 9.15 Å². The van der Waals surface area contributed by atoms with Gasteiger partial charge in [-0.3, -0.25) is 9.48 Å². The maximum Gasteiger partial charge on any atom is 0.226 e. The minimum Gasteiger partial charge on any atom is -0.464 e. The van der Waals surface area contributed by atoms with Crippen molar-refractivity contribution in [2.45, 2.75) is 25.6 Å². The summed E-state index contributed by atoms with van der Waals surface area (Å²) in [4.78, 5) is 12.4. The topological polar surface area (TPSA) is 89.5 Å². The molecule has 7 nitrogen and oxygen atoms in total. The van der Waals surface area contributed by atoms with Crippen LogP contribution in [0.15, 0.2) is 28.8 Å². The number of hydrogen-bond acceptors (Lipinski definition) is 5. The summed E-state index contributed by atoms with van der Waals surface area (Å²) in [7, 11) is 1.83. The van der Waals surface area contributed by atoms with E-state index in [9.17, 15) is 9.90 Å². The molecule has 124 valence electrons. The number of nitrogens with one attached hydrogen (secondary N) is 1. The number of aliphatic hydroxyl groups excluding tert-OH is 1. The Morgan fingerprint density at radius 3 is 3.00 bits per heavy atom. The van der Waals surface area contributed by atoms with Gasteiger partial charge in [-0.1, -0.05) is 0 Å². The lowest BCUT2D eigenvalue weighted by Gasteiger charge is -2.19. The fourth-order valence-electron chi connectivity index (χ4n) is 2.87. The predicted molar refractivity (Wildman–Crippen MR) is 81.4 cm³/mol. The Morgan fingerprint density at radius 2 is 2.35 bits per heavy atom. The number of aryl methyl sites for hydroxylation is 2. The van der Waals surface area contributed by atoms with Gasteiger partial charge in [0.15, 0.2) is 0 Å². The number of aliphatic hydroxyl groups is 1. The van der Waals surface area contributed by atoms with E-state index in [0.717, 1.165) is 11.5 Å². The summed E-state index contributed by atoms with van der Waals surface area (Å²) >= 11 is 0. The number of furan rings is 1. The molecule has 1 aliphatic heterocycles. The molecule has 0 bridgehead atoms. The number of amides is 1. The SMILES string of the molecule is Cc1ccc([C@@H](O)CNC(=O)[C@@H]2CCO[C@H]2c2ccnn2C)o1. The van der Waals surface area contributed by atoms with Crippen LogP contribution in [0.1, 0.15) is 35.8 Å². The van der Waals surface area contributed by atoms with Gasteiger partial charge in [-0.05, 0) is 31.5 Å². The Hall–Kier alpha value is -2.12. The molecule has 7 heteroatoms. The Morgan fingerprint density at radius 1 is 1.52 bits per heavy atom. The van der Waals surface area contributed by atoms with Crippen molar-refractivity contribution in [1.29, 1.82) is 0 Å². The van der Waals surface area contributed by atoms with Crippen molar-refractivity contribution < 1.29 is 19.1 Å². The molecule has 0 aromatic carbocycles. The fourth-order valence-corrected chi connectivity index (χ4v) is 2.87. The molecule has 0 unspecified atom stereocenters. The summed E-state index contributed by atoms with van der Waals surface area (Å²) < 4.78 is 12.8. The van der Waals surface area contributed by atoms with Gasteiger partial charge in [0, 0.05) is 19.9 Å². The van der Waals surface area contributed by atoms with Crippen molar-refractivity contribution in [3.05, 3.63) is 41.6 Å². The smallest absolute Gasteiger partial charge is 0.226 e. The number of carbonyl (C=O) groups excluding carboxylic acids is 1. The minimum absolute atomic E-state index is 0.112. The molecule has 2 aromatic heterocycles. The molecule has 0 aliphatic carbocycles. The van der Waals surface area contributed by atoms with Gasteiger partial charge in [-0.2, -0.15) is 5.10 Å². The Bertz CT molecular complexity index is 678. The van der Waals surface area contributed by atoms with Crippen LogP contribution >= 0.6 is 0 Å². The average molecular weight is 319 g/mol.